The van der Waals surface area contributed by atoms with Gasteiger partial charge in [-0.1, -0.05) is 11.6 Å². The number of amides is 5. The normalized spacial score (nSPS) is 20.8. The Morgan fingerprint density at radius 2 is 1.77 bits per heavy atom. The molecule has 244 valence electrons. The van der Waals surface area contributed by atoms with Crippen molar-refractivity contribution in [2.75, 3.05) is 28.6 Å². The maximum Gasteiger partial charge on any atom is 0.416 e. The van der Waals surface area contributed by atoms with Crippen molar-refractivity contribution in [3.05, 3.63) is 70.5 Å². The summed E-state index contributed by atoms with van der Waals surface area (Å²) in [5.41, 5.74) is -0.0122. The molecule has 12 nitrogen and oxygen atoms in total. The van der Waals surface area contributed by atoms with Crippen LogP contribution in [0.2, 0.25) is 5.02 Å². The summed E-state index contributed by atoms with van der Waals surface area (Å²) in [5.74, 6) is -2.65. The number of aromatic nitrogens is 2. The zero-order valence-electron chi connectivity index (χ0n) is 24.6. The van der Waals surface area contributed by atoms with Crippen molar-refractivity contribution < 1.29 is 37.1 Å². The first-order chi connectivity index (χ1) is 22.3. The number of nitrogens with one attached hydrogen (secondary N) is 3. The van der Waals surface area contributed by atoms with Crippen molar-refractivity contribution in [3.8, 4) is 0 Å². The Bertz CT molecular complexity index is 1850. The molecule has 4 heterocycles. The van der Waals surface area contributed by atoms with Crippen LogP contribution in [0.5, 0.6) is 0 Å². The van der Waals surface area contributed by atoms with Gasteiger partial charge in [0.05, 0.1) is 45.3 Å². The average Bonchev–Trinajstić information content (AvgIpc) is 3.53. The van der Waals surface area contributed by atoms with Crippen LogP contribution in [0.25, 0.3) is 0 Å². The molecule has 3 aliphatic heterocycles. The van der Waals surface area contributed by atoms with Crippen molar-refractivity contribution in [3.63, 3.8) is 0 Å². The van der Waals surface area contributed by atoms with Crippen LogP contribution in [-0.4, -0.2) is 69.4 Å². The minimum absolute atomic E-state index is 0.00956. The Morgan fingerprint density at radius 1 is 1.02 bits per heavy atom. The molecule has 47 heavy (non-hydrogen) atoms. The highest BCUT2D eigenvalue weighted by Gasteiger charge is 2.48. The van der Waals surface area contributed by atoms with Crippen molar-refractivity contribution in [2.24, 2.45) is 0 Å². The highest BCUT2D eigenvalue weighted by molar-refractivity contribution is 6.33. The molecule has 3 aromatic rings. The van der Waals surface area contributed by atoms with Gasteiger partial charge in [0.25, 0.3) is 17.7 Å². The molecule has 2 saturated heterocycles. The van der Waals surface area contributed by atoms with E-state index in [1.165, 1.54) is 0 Å². The van der Waals surface area contributed by atoms with E-state index in [1.54, 1.807) is 35.3 Å². The number of imide groups is 2. The first kappa shape index (κ1) is 30.7. The Hall–Kier alpha value is -4.92. The van der Waals surface area contributed by atoms with Crippen molar-refractivity contribution in [2.45, 2.75) is 55.9 Å². The van der Waals surface area contributed by atoms with Gasteiger partial charge in [0.2, 0.25) is 11.8 Å². The quantitative estimate of drug-likeness (QED) is 0.323. The summed E-state index contributed by atoms with van der Waals surface area (Å²) in [4.78, 5) is 66.3. The van der Waals surface area contributed by atoms with Crippen LogP contribution >= 0.6 is 11.6 Å². The number of anilines is 3. The fourth-order valence-corrected chi connectivity index (χ4v) is 6.63. The summed E-state index contributed by atoms with van der Waals surface area (Å²) in [6, 6.07) is 6.71. The smallest absolute Gasteiger partial charge is 0.376 e. The lowest BCUT2D eigenvalue weighted by atomic mass is 9.76. The van der Waals surface area contributed by atoms with E-state index >= 15 is 0 Å². The molecule has 16 heteroatoms. The number of fused-ring (bicyclic) bond motifs is 1. The van der Waals surface area contributed by atoms with Gasteiger partial charge >= 0.3 is 6.18 Å². The van der Waals surface area contributed by atoms with E-state index < -0.39 is 52.9 Å². The zero-order valence-corrected chi connectivity index (χ0v) is 25.3. The summed E-state index contributed by atoms with van der Waals surface area (Å²) < 4.78 is 40.6. The van der Waals surface area contributed by atoms with E-state index in [1.807, 2.05) is 4.90 Å². The van der Waals surface area contributed by atoms with Gasteiger partial charge in [-0.25, -0.2) is 0 Å². The molecule has 0 radical (unpaired) electrons. The van der Waals surface area contributed by atoms with Gasteiger partial charge in [-0.15, -0.1) is 0 Å². The summed E-state index contributed by atoms with van der Waals surface area (Å²) in [7, 11) is 0. The largest absolute Gasteiger partial charge is 0.416 e. The molecule has 1 saturated carbocycles. The van der Waals surface area contributed by atoms with Crippen molar-refractivity contribution >= 4 is 58.2 Å². The minimum Gasteiger partial charge on any atom is -0.376 e. The van der Waals surface area contributed by atoms with E-state index in [0.29, 0.717) is 31.6 Å². The van der Waals surface area contributed by atoms with E-state index in [9.17, 15) is 37.1 Å². The van der Waals surface area contributed by atoms with Crippen LogP contribution in [0, 0.1) is 0 Å². The monoisotopic (exact) mass is 669 g/mol. The second-order valence-electron chi connectivity index (χ2n) is 12.1. The third-order valence-corrected chi connectivity index (χ3v) is 9.52. The molecule has 1 atom stereocenters. The molecule has 1 aromatic heterocycles. The Kier molecular flexibility index (Phi) is 7.26. The van der Waals surface area contributed by atoms with Crippen molar-refractivity contribution in [1.29, 1.82) is 0 Å². The van der Waals surface area contributed by atoms with Gasteiger partial charge in [0, 0.05) is 31.4 Å². The number of alkyl halides is 3. The summed E-state index contributed by atoms with van der Waals surface area (Å²) in [5, 5.41) is 12.4. The van der Waals surface area contributed by atoms with E-state index in [4.69, 9.17) is 11.6 Å². The molecule has 3 N–H and O–H groups in total. The summed E-state index contributed by atoms with van der Waals surface area (Å²) >= 11 is 6.06. The number of carbonyl (C=O) groups excluding carboxylic acids is 5. The lowest BCUT2D eigenvalue weighted by Gasteiger charge is -2.42. The van der Waals surface area contributed by atoms with E-state index in [2.05, 4.69) is 21.0 Å². The number of rotatable bonds is 7. The van der Waals surface area contributed by atoms with E-state index in [-0.39, 0.29) is 40.7 Å². The van der Waals surface area contributed by atoms with E-state index in [0.717, 1.165) is 35.2 Å². The fraction of sp³-hybridized carbons (Fsp3) is 0.355. The minimum atomic E-state index is -4.56. The number of halogens is 4. The van der Waals surface area contributed by atoms with Crippen LogP contribution < -0.4 is 20.9 Å². The van der Waals surface area contributed by atoms with Crippen LogP contribution in [0.15, 0.2) is 48.8 Å². The molecule has 0 bridgehead atoms. The van der Waals surface area contributed by atoms with Gasteiger partial charge in [0.1, 0.15) is 11.6 Å². The lowest BCUT2D eigenvalue weighted by Crippen LogP contribution is -2.55. The molecule has 2 aromatic carbocycles. The number of hydrogen-bond acceptors (Lipinski definition) is 8. The molecule has 4 aliphatic rings. The van der Waals surface area contributed by atoms with Crippen molar-refractivity contribution in [1.82, 2.24) is 20.0 Å². The van der Waals surface area contributed by atoms with Crippen LogP contribution in [0.1, 0.15) is 58.4 Å². The maximum absolute atomic E-state index is 13.4. The fourth-order valence-electron chi connectivity index (χ4n) is 6.41. The Morgan fingerprint density at radius 3 is 2.43 bits per heavy atom. The molecule has 7 rings (SSSR count). The molecule has 0 spiro atoms. The van der Waals surface area contributed by atoms with Crippen LogP contribution in [0.4, 0.5) is 30.2 Å². The Balaban J connectivity index is 0.978. The SMILES string of the molecule is O=C1CCC(N2C(=O)c3ccc(N4CC(Nc5cnn(C6(C(=O)Nc7ccc(C(F)(F)F)cc7Cl)CCC6)c5)C4)cc3C2=O)C(=O)N1. The maximum atomic E-state index is 13.4. The number of nitrogens with zero attached hydrogens (tertiary/aromatic N) is 4. The van der Waals surface area contributed by atoms with Crippen LogP contribution in [-0.2, 0) is 26.1 Å². The first-order valence-electron chi connectivity index (χ1n) is 14.9. The molecule has 3 fully saturated rings. The standard InChI is InChI=1S/C31H27ClF3N7O5/c32-22-10-16(31(33,34)35)2-5-23(22)38-29(47)30(8-1-9-30)41-15-17(12-36-41)37-18-13-40(14-18)19-3-4-20-21(11-19)28(46)42(27(20)45)24-6-7-25(43)39-26(24)44/h2-5,10-12,15,18,24,37H,1,6-9,13-14H2,(H,38,47)(H,39,43,44). The van der Waals surface area contributed by atoms with Gasteiger partial charge < -0.3 is 15.5 Å². The van der Waals surface area contributed by atoms with Gasteiger partial charge in [0.15, 0.2) is 0 Å². The van der Waals surface area contributed by atoms with Gasteiger partial charge in [-0.05, 0) is 62.1 Å². The third kappa shape index (κ3) is 5.27. The first-order valence-corrected chi connectivity index (χ1v) is 15.3. The third-order valence-electron chi connectivity index (χ3n) is 9.21. The second-order valence-corrected chi connectivity index (χ2v) is 12.5. The predicted molar refractivity (Wildman–Crippen MR) is 162 cm³/mol. The molecular weight excluding hydrogens is 643 g/mol. The lowest BCUT2D eigenvalue weighted by molar-refractivity contribution is -0.138. The molecule has 5 amide bonds. The second kappa shape index (κ2) is 11.1. The predicted octanol–water partition coefficient (Wildman–Crippen LogP) is 3.78. The number of benzene rings is 2. The number of piperidine rings is 1. The highest BCUT2D eigenvalue weighted by Crippen LogP contribution is 2.42. The zero-order chi connectivity index (χ0) is 33.2. The topological polar surface area (TPSA) is 146 Å². The summed E-state index contributed by atoms with van der Waals surface area (Å²) in [6.45, 7) is 1.14. The van der Waals surface area contributed by atoms with Gasteiger partial charge in [-0.3, -0.25) is 38.9 Å². The average molecular weight is 670 g/mol. The number of carbonyl (C=O) groups is 5. The summed E-state index contributed by atoms with van der Waals surface area (Å²) in [6.07, 6.45) is 0.656. The Labute approximate surface area is 270 Å². The molecule has 1 aliphatic carbocycles. The molecule has 1 unspecified atom stereocenters. The van der Waals surface area contributed by atoms with Gasteiger partial charge in [-0.2, -0.15) is 18.3 Å². The highest BCUT2D eigenvalue weighted by atomic mass is 35.5. The number of hydrogen-bond donors (Lipinski definition) is 3. The van der Waals surface area contributed by atoms with Crippen LogP contribution in [0.3, 0.4) is 0 Å². The molecular formula is C31H27ClF3N7O5.